The van der Waals surface area contributed by atoms with E-state index in [9.17, 15) is 27.2 Å². The summed E-state index contributed by atoms with van der Waals surface area (Å²) in [5, 5.41) is 2.42. The van der Waals surface area contributed by atoms with Crippen molar-refractivity contribution in [2.45, 2.75) is 6.36 Å². The molecule has 0 saturated heterocycles. The normalized spacial score (nSPS) is 11.0. The van der Waals surface area contributed by atoms with Gasteiger partial charge >= 0.3 is 6.36 Å². The van der Waals surface area contributed by atoms with E-state index in [1.54, 1.807) is 0 Å². The molecule has 144 valence electrons. The van der Waals surface area contributed by atoms with Crippen molar-refractivity contribution in [3.63, 3.8) is 0 Å². The molecule has 0 bridgehead atoms. The molecule has 1 N–H and O–H groups in total. The van der Waals surface area contributed by atoms with Gasteiger partial charge in [0.15, 0.2) is 0 Å². The zero-order chi connectivity index (χ0) is 20.2. The number of likely N-dealkylation sites (N-methyl/N-ethyl adjacent to an activating group) is 1. The number of benzene rings is 2. The van der Waals surface area contributed by atoms with E-state index in [-0.39, 0.29) is 17.8 Å². The molecule has 0 aromatic heterocycles. The summed E-state index contributed by atoms with van der Waals surface area (Å²) in [6, 6.07) is 8.36. The van der Waals surface area contributed by atoms with Crippen LogP contribution in [0.4, 0.5) is 23.2 Å². The second kappa shape index (κ2) is 8.38. The van der Waals surface area contributed by atoms with Crippen LogP contribution in [0.2, 0.25) is 0 Å². The summed E-state index contributed by atoms with van der Waals surface area (Å²) in [6.07, 6.45) is -4.81. The molecule has 2 aromatic carbocycles. The lowest BCUT2D eigenvalue weighted by atomic mass is 10.2. The van der Waals surface area contributed by atoms with Gasteiger partial charge in [0.1, 0.15) is 11.6 Å². The molecule has 10 heteroatoms. The molecule has 0 spiro atoms. The predicted octanol–water partition coefficient (Wildman–Crippen LogP) is 4.20. The topological polar surface area (TPSA) is 58.6 Å². The molecule has 27 heavy (non-hydrogen) atoms. The molecule has 0 radical (unpaired) electrons. The maximum Gasteiger partial charge on any atom is 0.573 e. The van der Waals surface area contributed by atoms with Gasteiger partial charge in [0.2, 0.25) is 5.91 Å². The fourth-order valence-corrected chi connectivity index (χ4v) is 2.46. The lowest BCUT2D eigenvalue weighted by Gasteiger charge is -2.17. The lowest BCUT2D eigenvalue weighted by molar-refractivity contribution is -0.274. The van der Waals surface area contributed by atoms with Crippen molar-refractivity contribution >= 4 is 33.4 Å². The second-order valence-corrected chi connectivity index (χ2v) is 6.32. The molecule has 0 aliphatic heterocycles. The van der Waals surface area contributed by atoms with Crippen LogP contribution < -0.4 is 10.1 Å². The molecule has 2 rings (SSSR count). The number of alkyl halides is 3. The standard InChI is InChI=1S/C17H13BrF4N2O3/c1-24(16(26)13-8-10(18)2-7-14(13)19)9-15(25)23-11-3-5-12(6-4-11)27-17(20,21)22/h2-8H,9H2,1H3,(H,23,25). The van der Waals surface area contributed by atoms with Gasteiger partial charge in [-0.15, -0.1) is 13.2 Å². The van der Waals surface area contributed by atoms with Crippen LogP contribution in [0.5, 0.6) is 5.75 Å². The third kappa shape index (κ3) is 6.24. The molecule has 0 unspecified atom stereocenters. The van der Waals surface area contributed by atoms with Crippen LogP contribution in [0, 0.1) is 5.82 Å². The minimum Gasteiger partial charge on any atom is -0.406 e. The van der Waals surface area contributed by atoms with Gasteiger partial charge in [0.05, 0.1) is 12.1 Å². The number of hydrogen-bond donors (Lipinski definition) is 1. The Morgan fingerprint density at radius 3 is 2.37 bits per heavy atom. The zero-order valence-corrected chi connectivity index (χ0v) is 15.4. The van der Waals surface area contributed by atoms with E-state index in [4.69, 9.17) is 0 Å². The maximum absolute atomic E-state index is 13.8. The summed E-state index contributed by atoms with van der Waals surface area (Å²) >= 11 is 3.14. The maximum atomic E-state index is 13.8. The largest absolute Gasteiger partial charge is 0.573 e. The summed E-state index contributed by atoms with van der Waals surface area (Å²) in [7, 11) is 1.32. The van der Waals surface area contributed by atoms with Crippen molar-refractivity contribution in [1.82, 2.24) is 4.90 Å². The van der Waals surface area contributed by atoms with Gasteiger partial charge in [-0.2, -0.15) is 0 Å². The van der Waals surface area contributed by atoms with Gasteiger partial charge in [0, 0.05) is 17.2 Å². The van der Waals surface area contributed by atoms with Gasteiger partial charge in [-0.3, -0.25) is 9.59 Å². The first-order valence-electron chi connectivity index (χ1n) is 7.41. The number of carbonyl (C=O) groups excluding carboxylic acids is 2. The Hall–Kier alpha value is -2.62. The van der Waals surface area contributed by atoms with Crippen molar-refractivity contribution in [1.29, 1.82) is 0 Å². The van der Waals surface area contributed by atoms with Crippen LogP contribution in [-0.4, -0.2) is 36.7 Å². The summed E-state index contributed by atoms with van der Waals surface area (Å²) < 4.78 is 54.3. The molecular formula is C17H13BrF4N2O3. The van der Waals surface area contributed by atoms with Crippen molar-refractivity contribution in [3.8, 4) is 5.75 Å². The number of hydrogen-bond acceptors (Lipinski definition) is 3. The van der Waals surface area contributed by atoms with Crippen LogP contribution in [0.3, 0.4) is 0 Å². The Kier molecular flexibility index (Phi) is 6.42. The average Bonchev–Trinajstić information content (AvgIpc) is 2.56. The van der Waals surface area contributed by atoms with Crippen LogP contribution >= 0.6 is 15.9 Å². The Bertz CT molecular complexity index is 841. The molecule has 0 saturated carbocycles. The summed E-state index contributed by atoms with van der Waals surface area (Å²) in [5.74, 6) is -2.46. The van der Waals surface area contributed by atoms with Crippen LogP contribution in [0.15, 0.2) is 46.9 Å². The first-order chi connectivity index (χ1) is 12.5. The monoisotopic (exact) mass is 448 g/mol. The molecule has 2 amide bonds. The molecular weight excluding hydrogens is 436 g/mol. The Morgan fingerprint density at radius 2 is 1.78 bits per heavy atom. The van der Waals surface area contributed by atoms with Crippen LogP contribution in [-0.2, 0) is 4.79 Å². The highest BCUT2D eigenvalue weighted by atomic mass is 79.9. The number of rotatable bonds is 5. The number of amides is 2. The molecule has 2 aromatic rings. The quantitative estimate of drug-likeness (QED) is 0.697. The number of halogens is 5. The Morgan fingerprint density at radius 1 is 1.15 bits per heavy atom. The van der Waals surface area contributed by atoms with E-state index >= 15 is 0 Å². The highest BCUT2D eigenvalue weighted by molar-refractivity contribution is 9.10. The van der Waals surface area contributed by atoms with Crippen molar-refractivity contribution in [2.24, 2.45) is 0 Å². The summed E-state index contributed by atoms with van der Waals surface area (Å²) in [6.45, 7) is -0.383. The molecule has 0 aliphatic rings. The number of ether oxygens (including phenoxy) is 1. The van der Waals surface area contributed by atoms with Crippen molar-refractivity contribution in [2.75, 3.05) is 18.9 Å². The average molecular weight is 449 g/mol. The highest BCUT2D eigenvalue weighted by Crippen LogP contribution is 2.24. The fourth-order valence-electron chi connectivity index (χ4n) is 2.09. The van der Waals surface area contributed by atoms with Gasteiger partial charge in [-0.05, 0) is 42.5 Å². The number of carbonyl (C=O) groups is 2. The zero-order valence-electron chi connectivity index (χ0n) is 13.8. The van der Waals surface area contributed by atoms with Crippen LogP contribution in [0.1, 0.15) is 10.4 Å². The molecule has 0 aliphatic carbocycles. The second-order valence-electron chi connectivity index (χ2n) is 5.41. The van der Waals surface area contributed by atoms with E-state index in [0.717, 1.165) is 23.1 Å². The van der Waals surface area contributed by atoms with Crippen LogP contribution in [0.25, 0.3) is 0 Å². The van der Waals surface area contributed by atoms with E-state index in [1.807, 2.05) is 0 Å². The van der Waals surface area contributed by atoms with Gasteiger partial charge in [-0.25, -0.2) is 4.39 Å². The fraction of sp³-hybridized carbons (Fsp3) is 0.176. The van der Waals surface area contributed by atoms with E-state index in [2.05, 4.69) is 26.0 Å². The molecule has 0 atom stereocenters. The van der Waals surface area contributed by atoms with E-state index in [0.29, 0.717) is 4.47 Å². The third-order valence-electron chi connectivity index (χ3n) is 3.26. The van der Waals surface area contributed by atoms with E-state index < -0.39 is 29.7 Å². The number of nitrogens with zero attached hydrogens (tertiary/aromatic N) is 1. The predicted molar refractivity (Wildman–Crippen MR) is 92.8 cm³/mol. The Balaban J connectivity index is 1.96. The minimum absolute atomic E-state index is 0.201. The first-order valence-corrected chi connectivity index (χ1v) is 8.20. The minimum atomic E-state index is -4.81. The van der Waals surface area contributed by atoms with Gasteiger partial charge in [-0.1, -0.05) is 15.9 Å². The van der Waals surface area contributed by atoms with Crippen molar-refractivity contribution in [3.05, 3.63) is 58.3 Å². The van der Waals surface area contributed by atoms with E-state index in [1.165, 1.54) is 31.3 Å². The van der Waals surface area contributed by atoms with Gasteiger partial charge in [0.25, 0.3) is 5.91 Å². The SMILES string of the molecule is CN(CC(=O)Nc1ccc(OC(F)(F)F)cc1)C(=O)c1cc(Br)ccc1F. The van der Waals surface area contributed by atoms with Crippen molar-refractivity contribution < 1.29 is 31.9 Å². The first kappa shape index (κ1) is 20.7. The number of anilines is 1. The highest BCUT2D eigenvalue weighted by Gasteiger charge is 2.31. The lowest BCUT2D eigenvalue weighted by Crippen LogP contribution is -2.35. The summed E-state index contributed by atoms with van der Waals surface area (Å²) in [5.41, 5.74) is 0.0114. The number of nitrogens with one attached hydrogen (secondary N) is 1. The summed E-state index contributed by atoms with van der Waals surface area (Å²) in [4.78, 5) is 25.3. The molecule has 0 heterocycles. The molecule has 5 nitrogen and oxygen atoms in total. The van der Waals surface area contributed by atoms with Gasteiger partial charge < -0.3 is 15.0 Å². The third-order valence-corrected chi connectivity index (χ3v) is 3.75. The smallest absolute Gasteiger partial charge is 0.406 e. The molecule has 0 fully saturated rings. The Labute approximate surface area is 160 Å².